The molecule has 0 atom stereocenters. The lowest BCUT2D eigenvalue weighted by Crippen LogP contribution is -2.45. The maximum Gasteiger partial charge on any atom is 0.345 e. The molecule has 0 spiro atoms. The van der Waals surface area contributed by atoms with Crippen molar-refractivity contribution in [1.29, 1.82) is 0 Å². The summed E-state index contributed by atoms with van der Waals surface area (Å²) in [5.74, 6) is -0.909. The molecule has 0 heterocycles. The minimum atomic E-state index is -2.91. The molecule has 0 aliphatic heterocycles. The third kappa shape index (κ3) is 6.24. The molecule has 1 N–H and O–H groups in total. The summed E-state index contributed by atoms with van der Waals surface area (Å²) in [5.41, 5.74) is 3.18. The molecular weight excluding hydrogens is 270 g/mol. The van der Waals surface area contributed by atoms with Gasteiger partial charge in [-0.1, -0.05) is 30.3 Å². The van der Waals surface area contributed by atoms with Gasteiger partial charge in [-0.05, 0) is 5.56 Å². The predicted molar refractivity (Wildman–Crippen MR) is 67.4 cm³/mol. The molecule has 0 unspecified atom stereocenters. The number of hydrazine groups is 1. The van der Waals surface area contributed by atoms with E-state index in [2.05, 4.69) is 10.2 Å². The Hall–Kier alpha value is -2.02. The maximum absolute atomic E-state index is 11.9. The Morgan fingerprint density at radius 3 is 2.50 bits per heavy atom. The van der Waals surface area contributed by atoms with Crippen molar-refractivity contribution in [3.05, 3.63) is 35.9 Å². The van der Waals surface area contributed by atoms with E-state index in [-0.39, 0.29) is 13.0 Å². The maximum atomic E-state index is 11.9. The van der Waals surface area contributed by atoms with E-state index in [1.807, 2.05) is 6.07 Å². The van der Waals surface area contributed by atoms with Gasteiger partial charge in [0.2, 0.25) is 11.8 Å². The Balaban J connectivity index is 2.59. The lowest BCUT2D eigenvalue weighted by atomic mass is 10.2. The first-order valence-corrected chi connectivity index (χ1v) is 6.00. The monoisotopic (exact) mass is 286 g/mol. The van der Waals surface area contributed by atoms with Gasteiger partial charge in [-0.2, -0.15) is 8.78 Å². The summed E-state index contributed by atoms with van der Waals surface area (Å²) >= 11 is 0. The molecule has 5 nitrogen and oxygen atoms in total. The Labute approximate surface area is 115 Å². The van der Waals surface area contributed by atoms with Gasteiger partial charge < -0.3 is 4.74 Å². The number of carbonyl (C=O) groups excluding carboxylic acids is 2. The highest BCUT2D eigenvalue weighted by Crippen LogP contribution is 2.05. The van der Waals surface area contributed by atoms with E-state index >= 15 is 0 Å². The number of ether oxygens (including phenoxy) is 1. The highest BCUT2D eigenvalue weighted by molar-refractivity contribution is 5.80. The Bertz CT molecular complexity index is 441. The van der Waals surface area contributed by atoms with Crippen LogP contribution in [-0.4, -0.2) is 30.0 Å². The zero-order valence-corrected chi connectivity index (χ0v) is 11.0. The lowest BCUT2D eigenvalue weighted by Gasteiger charge is -2.22. The number of alkyl halides is 2. The van der Waals surface area contributed by atoms with Crippen molar-refractivity contribution in [2.75, 3.05) is 6.61 Å². The third-order valence-electron chi connectivity index (χ3n) is 2.34. The zero-order valence-electron chi connectivity index (χ0n) is 11.0. The Morgan fingerprint density at radius 1 is 1.30 bits per heavy atom. The number of benzene rings is 1. The Morgan fingerprint density at radius 2 is 1.95 bits per heavy atom. The van der Waals surface area contributed by atoms with Crippen LogP contribution in [0.4, 0.5) is 8.78 Å². The molecule has 1 rings (SSSR count). The molecular formula is C13H16F2N2O3. The van der Waals surface area contributed by atoms with Crippen LogP contribution in [0.3, 0.4) is 0 Å². The van der Waals surface area contributed by atoms with Gasteiger partial charge >= 0.3 is 6.61 Å². The SMILES string of the molecule is CC(=O)NN(Cc1ccccc1)C(=O)CCOC(F)F. The summed E-state index contributed by atoms with van der Waals surface area (Å²) in [4.78, 5) is 22.9. The minimum Gasteiger partial charge on any atom is -0.322 e. The van der Waals surface area contributed by atoms with E-state index in [0.29, 0.717) is 0 Å². The highest BCUT2D eigenvalue weighted by atomic mass is 19.3. The number of amides is 2. The Kier molecular flexibility index (Phi) is 6.58. The van der Waals surface area contributed by atoms with Crippen molar-refractivity contribution in [1.82, 2.24) is 10.4 Å². The number of hydrogen-bond donors (Lipinski definition) is 1. The highest BCUT2D eigenvalue weighted by Gasteiger charge is 2.16. The largest absolute Gasteiger partial charge is 0.345 e. The molecule has 1 aromatic rings. The van der Waals surface area contributed by atoms with Crippen LogP contribution >= 0.6 is 0 Å². The molecule has 0 radical (unpaired) electrons. The topological polar surface area (TPSA) is 58.6 Å². The van der Waals surface area contributed by atoms with Gasteiger partial charge in [0, 0.05) is 6.92 Å². The molecule has 0 aromatic heterocycles. The number of carbonyl (C=O) groups is 2. The normalized spacial score (nSPS) is 10.4. The minimum absolute atomic E-state index is 0.161. The van der Waals surface area contributed by atoms with Crippen molar-refractivity contribution in [3.63, 3.8) is 0 Å². The van der Waals surface area contributed by atoms with Crippen LogP contribution in [0.2, 0.25) is 0 Å². The van der Waals surface area contributed by atoms with Crippen LogP contribution in [0.25, 0.3) is 0 Å². The van der Waals surface area contributed by atoms with E-state index < -0.39 is 25.0 Å². The first kappa shape index (κ1) is 16.0. The summed E-state index contributed by atoms with van der Waals surface area (Å²) < 4.78 is 27.7. The number of rotatable bonds is 6. The van der Waals surface area contributed by atoms with Gasteiger partial charge in [-0.25, -0.2) is 5.01 Å². The fourth-order valence-electron chi connectivity index (χ4n) is 1.52. The van der Waals surface area contributed by atoms with Gasteiger partial charge in [-0.15, -0.1) is 0 Å². The second-order valence-corrected chi connectivity index (χ2v) is 4.01. The van der Waals surface area contributed by atoms with E-state index in [1.165, 1.54) is 6.92 Å². The fourth-order valence-corrected chi connectivity index (χ4v) is 1.52. The number of hydrogen-bond acceptors (Lipinski definition) is 3. The second-order valence-electron chi connectivity index (χ2n) is 4.01. The molecule has 0 saturated carbocycles. The van der Waals surface area contributed by atoms with Gasteiger partial charge in [-0.3, -0.25) is 15.0 Å². The molecule has 7 heteroatoms. The van der Waals surface area contributed by atoms with Crippen LogP contribution in [0.15, 0.2) is 30.3 Å². The van der Waals surface area contributed by atoms with Crippen LogP contribution < -0.4 is 5.43 Å². The van der Waals surface area contributed by atoms with Gasteiger partial charge in [0.25, 0.3) is 0 Å². The van der Waals surface area contributed by atoms with Gasteiger partial charge in [0.05, 0.1) is 19.6 Å². The summed E-state index contributed by atoms with van der Waals surface area (Å²) in [6, 6.07) is 9.00. The molecule has 0 fully saturated rings. The first-order chi connectivity index (χ1) is 9.49. The summed E-state index contributed by atoms with van der Waals surface area (Å²) in [7, 11) is 0. The first-order valence-electron chi connectivity index (χ1n) is 6.00. The van der Waals surface area contributed by atoms with E-state index in [0.717, 1.165) is 10.6 Å². The third-order valence-corrected chi connectivity index (χ3v) is 2.34. The fraction of sp³-hybridized carbons (Fsp3) is 0.385. The van der Waals surface area contributed by atoms with Crippen LogP contribution in [0, 0.1) is 0 Å². The number of nitrogens with one attached hydrogen (secondary N) is 1. The summed E-state index contributed by atoms with van der Waals surface area (Å²) in [6.45, 7) is -1.89. The van der Waals surface area contributed by atoms with Gasteiger partial charge in [0.15, 0.2) is 0 Å². The molecule has 1 aromatic carbocycles. The molecule has 0 saturated heterocycles. The molecule has 0 bridgehead atoms. The van der Waals surface area contributed by atoms with Crippen LogP contribution in [-0.2, 0) is 20.9 Å². The number of nitrogens with zero attached hydrogens (tertiary/aromatic N) is 1. The van der Waals surface area contributed by atoms with Crippen molar-refractivity contribution in [2.24, 2.45) is 0 Å². The van der Waals surface area contributed by atoms with Crippen molar-refractivity contribution < 1.29 is 23.1 Å². The van der Waals surface area contributed by atoms with Crippen molar-refractivity contribution in [3.8, 4) is 0 Å². The second kappa shape index (κ2) is 8.21. The molecule has 2 amide bonds. The standard InChI is InChI=1S/C13H16F2N2O3/c1-10(18)16-17(9-11-5-3-2-4-6-11)12(19)7-8-20-13(14)15/h2-6,13H,7-9H2,1H3,(H,16,18). The summed E-state index contributed by atoms with van der Waals surface area (Å²) in [6.07, 6.45) is -0.239. The molecule has 0 aliphatic carbocycles. The smallest absolute Gasteiger partial charge is 0.322 e. The quantitative estimate of drug-likeness (QED) is 0.810. The van der Waals surface area contributed by atoms with Crippen LogP contribution in [0.1, 0.15) is 18.9 Å². The van der Waals surface area contributed by atoms with E-state index in [1.54, 1.807) is 24.3 Å². The molecule has 110 valence electrons. The molecule has 0 aliphatic rings. The van der Waals surface area contributed by atoms with E-state index in [4.69, 9.17) is 0 Å². The molecule has 20 heavy (non-hydrogen) atoms. The lowest BCUT2D eigenvalue weighted by molar-refractivity contribution is -0.150. The van der Waals surface area contributed by atoms with Crippen molar-refractivity contribution >= 4 is 11.8 Å². The predicted octanol–water partition coefficient (Wildman–Crippen LogP) is 1.70. The number of halogens is 2. The van der Waals surface area contributed by atoms with Crippen LogP contribution in [0.5, 0.6) is 0 Å². The average Bonchev–Trinajstić information content (AvgIpc) is 2.38. The van der Waals surface area contributed by atoms with E-state index in [9.17, 15) is 18.4 Å². The summed E-state index contributed by atoms with van der Waals surface area (Å²) in [5, 5.41) is 1.09. The van der Waals surface area contributed by atoms with Gasteiger partial charge in [0.1, 0.15) is 0 Å². The average molecular weight is 286 g/mol. The zero-order chi connectivity index (χ0) is 15.0. The van der Waals surface area contributed by atoms with Crippen molar-refractivity contribution in [2.45, 2.75) is 26.5 Å².